The van der Waals surface area contributed by atoms with Crippen LogP contribution in [-0.4, -0.2) is 70.1 Å². The number of hydrogen-bond acceptors (Lipinski definition) is 7. The van der Waals surface area contributed by atoms with Crippen LogP contribution in [0.1, 0.15) is 168 Å². The molecule has 3 heterocycles. The lowest BCUT2D eigenvalue weighted by Gasteiger charge is -2.24. The maximum absolute atomic E-state index is 11.6. The summed E-state index contributed by atoms with van der Waals surface area (Å²) in [5.74, 6) is -0.127. The van der Waals surface area contributed by atoms with Crippen LogP contribution in [0.5, 0.6) is 0 Å². The van der Waals surface area contributed by atoms with Crippen molar-refractivity contribution in [1.29, 1.82) is 0 Å². The third kappa shape index (κ3) is 14.2. The average Bonchev–Trinajstić information content (AvgIpc) is 3.76. The zero-order valence-corrected chi connectivity index (χ0v) is 28.1. The van der Waals surface area contributed by atoms with Crippen LogP contribution < -0.4 is 0 Å². The molecule has 0 aliphatic carbocycles. The first-order valence-corrected chi connectivity index (χ1v) is 18.6. The summed E-state index contributed by atoms with van der Waals surface area (Å²) in [7, 11) is 0. The van der Waals surface area contributed by atoms with Crippen LogP contribution in [0.3, 0.4) is 0 Å². The molecule has 8 atom stereocenters. The van der Waals surface area contributed by atoms with Crippen LogP contribution in [-0.2, 0) is 19.0 Å². The largest absolute Gasteiger partial charge is 0.455 e. The molecule has 256 valence electrons. The molecule has 0 amide bonds. The molecule has 0 aromatic heterocycles. The number of ether oxygens (including phenoxy) is 3. The molecule has 44 heavy (non-hydrogen) atoms. The maximum Gasteiger partial charge on any atom is 0.334 e. The third-order valence-electron chi connectivity index (χ3n) is 10.1. The van der Waals surface area contributed by atoms with Gasteiger partial charge in [0, 0.05) is 5.57 Å². The number of carbonyl (C=O) groups is 1. The fourth-order valence-corrected chi connectivity index (χ4v) is 7.27. The van der Waals surface area contributed by atoms with Gasteiger partial charge >= 0.3 is 5.97 Å². The fraction of sp³-hybridized carbons (Fsp3) is 0.919. The number of aliphatic hydroxyl groups excluding tert-OH is 3. The molecule has 2 saturated heterocycles. The highest BCUT2D eigenvalue weighted by molar-refractivity contribution is 5.90. The Morgan fingerprint density at radius 3 is 1.61 bits per heavy atom. The molecule has 0 spiro atoms. The molecule has 2 fully saturated rings. The zero-order chi connectivity index (χ0) is 31.6. The summed E-state index contributed by atoms with van der Waals surface area (Å²) in [6, 6.07) is 0. The first-order valence-electron chi connectivity index (χ1n) is 18.6. The smallest absolute Gasteiger partial charge is 0.334 e. The summed E-state index contributed by atoms with van der Waals surface area (Å²) in [5.41, 5.74) is 0.859. The zero-order valence-electron chi connectivity index (χ0n) is 28.1. The Hall–Kier alpha value is -0.990. The Bertz CT molecular complexity index is 801. The van der Waals surface area contributed by atoms with Gasteiger partial charge < -0.3 is 29.5 Å². The predicted molar refractivity (Wildman–Crippen MR) is 175 cm³/mol. The number of aliphatic hydroxyl groups is 3. The molecule has 1 unspecified atom stereocenters. The maximum atomic E-state index is 11.6. The van der Waals surface area contributed by atoms with E-state index in [1.165, 1.54) is 51.4 Å². The second-order valence-corrected chi connectivity index (χ2v) is 14.0. The van der Waals surface area contributed by atoms with Gasteiger partial charge in [0.1, 0.15) is 6.10 Å². The molecule has 3 rings (SSSR count). The average molecular weight is 623 g/mol. The van der Waals surface area contributed by atoms with Gasteiger partial charge in [0.15, 0.2) is 0 Å². The number of cyclic esters (lactones) is 1. The van der Waals surface area contributed by atoms with Gasteiger partial charge in [-0.2, -0.15) is 0 Å². The van der Waals surface area contributed by atoms with Gasteiger partial charge in [-0.1, -0.05) is 96.8 Å². The van der Waals surface area contributed by atoms with Crippen LogP contribution in [0.2, 0.25) is 0 Å². The molecule has 3 aliphatic rings. The van der Waals surface area contributed by atoms with E-state index in [0.717, 1.165) is 108 Å². The van der Waals surface area contributed by atoms with Gasteiger partial charge in [0.25, 0.3) is 0 Å². The molecule has 0 aromatic rings. The van der Waals surface area contributed by atoms with Crippen molar-refractivity contribution >= 4 is 5.97 Å². The lowest BCUT2D eigenvalue weighted by Crippen LogP contribution is -2.33. The quantitative estimate of drug-likeness (QED) is 0.0703. The molecule has 3 N–H and O–H groups in total. The van der Waals surface area contributed by atoms with E-state index in [0.29, 0.717) is 0 Å². The standard InChI is InChI=1S/C37H66O7/c1-3-4-13-19-30(38)20-15-12-17-22-32(40)34-24-26-36(44-34)35-25-23-33(43-35)31(39)21-16-11-9-7-5-6-8-10-14-18-29-27-28(2)42-37(29)41/h27-28,30-36,38-40H,3-26H2,1-2H3/t28-,30?,31+,32-,33+,34+,35+,36+/m0/s1. The highest BCUT2D eigenvalue weighted by Crippen LogP contribution is 2.34. The lowest BCUT2D eigenvalue weighted by molar-refractivity contribution is -0.139. The summed E-state index contributed by atoms with van der Waals surface area (Å²) in [6.45, 7) is 4.10. The van der Waals surface area contributed by atoms with Gasteiger partial charge in [-0.15, -0.1) is 0 Å². The molecule has 0 bridgehead atoms. The molecule has 0 radical (unpaired) electrons. The van der Waals surface area contributed by atoms with Crippen LogP contribution in [0.25, 0.3) is 0 Å². The van der Waals surface area contributed by atoms with E-state index in [1.54, 1.807) is 0 Å². The van der Waals surface area contributed by atoms with E-state index >= 15 is 0 Å². The van der Waals surface area contributed by atoms with E-state index in [1.807, 2.05) is 13.0 Å². The van der Waals surface area contributed by atoms with Crippen LogP contribution >= 0.6 is 0 Å². The van der Waals surface area contributed by atoms with Gasteiger partial charge in [0.05, 0.1) is 42.7 Å². The Balaban J connectivity index is 1.13. The van der Waals surface area contributed by atoms with E-state index in [4.69, 9.17) is 14.2 Å². The van der Waals surface area contributed by atoms with E-state index in [-0.39, 0.29) is 42.6 Å². The van der Waals surface area contributed by atoms with Gasteiger partial charge in [-0.05, 0) is 77.2 Å². The van der Waals surface area contributed by atoms with E-state index < -0.39 is 12.2 Å². The summed E-state index contributed by atoms with van der Waals surface area (Å²) in [4.78, 5) is 11.6. The van der Waals surface area contributed by atoms with Gasteiger partial charge in [0.2, 0.25) is 0 Å². The Morgan fingerprint density at radius 1 is 0.659 bits per heavy atom. The van der Waals surface area contributed by atoms with Gasteiger partial charge in [-0.25, -0.2) is 4.79 Å². The van der Waals surface area contributed by atoms with Gasteiger partial charge in [-0.3, -0.25) is 0 Å². The second kappa shape index (κ2) is 21.7. The lowest BCUT2D eigenvalue weighted by atomic mass is 10.00. The Labute approximate surface area is 268 Å². The first-order chi connectivity index (χ1) is 21.4. The number of unbranched alkanes of at least 4 members (excludes halogenated alkanes) is 12. The molecular formula is C37H66O7. The Morgan fingerprint density at radius 2 is 1.11 bits per heavy atom. The van der Waals surface area contributed by atoms with Crippen molar-refractivity contribution in [3.05, 3.63) is 11.6 Å². The van der Waals surface area contributed by atoms with Crippen molar-refractivity contribution in [3.63, 3.8) is 0 Å². The minimum Gasteiger partial charge on any atom is -0.455 e. The monoisotopic (exact) mass is 622 g/mol. The van der Waals surface area contributed by atoms with Crippen LogP contribution in [0.15, 0.2) is 11.6 Å². The summed E-state index contributed by atoms with van der Waals surface area (Å²) >= 11 is 0. The summed E-state index contributed by atoms with van der Waals surface area (Å²) < 4.78 is 17.7. The highest BCUT2D eigenvalue weighted by Gasteiger charge is 2.40. The van der Waals surface area contributed by atoms with Crippen molar-refractivity contribution in [2.24, 2.45) is 0 Å². The predicted octanol–water partition coefficient (Wildman–Crippen LogP) is 7.86. The molecular weight excluding hydrogens is 556 g/mol. The SMILES string of the molecule is CCCCCC(O)CCCCC[C@H](O)[C@H]1CC[C@H]([C@H]2CC[C@H]([C@H](O)CCCCCCCCCCCC3=C[C@H](C)OC3=O)O2)O1. The summed E-state index contributed by atoms with van der Waals surface area (Å²) in [6.07, 6.45) is 25.8. The minimum absolute atomic E-state index is 0.0325. The molecule has 0 aromatic carbocycles. The number of carbonyl (C=O) groups excluding carboxylic acids is 1. The van der Waals surface area contributed by atoms with E-state index in [9.17, 15) is 20.1 Å². The number of rotatable bonds is 25. The minimum atomic E-state index is -0.428. The van der Waals surface area contributed by atoms with Crippen molar-refractivity contribution in [3.8, 4) is 0 Å². The van der Waals surface area contributed by atoms with E-state index in [2.05, 4.69) is 6.92 Å². The fourth-order valence-electron chi connectivity index (χ4n) is 7.27. The van der Waals surface area contributed by atoms with Crippen LogP contribution in [0.4, 0.5) is 0 Å². The van der Waals surface area contributed by atoms with Crippen molar-refractivity contribution in [2.75, 3.05) is 0 Å². The highest BCUT2D eigenvalue weighted by atomic mass is 16.6. The molecule has 7 heteroatoms. The third-order valence-corrected chi connectivity index (χ3v) is 10.1. The molecule has 0 saturated carbocycles. The van der Waals surface area contributed by atoms with Crippen molar-refractivity contribution < 1.29 is 34.3 Å². The van der Waals surface area contributed by atoms with Crippen molar-refractivity contribution in [2.45, 2.75) is 217 Å². The van der Waals surface area contributed by atoms with Crippen molar-refractivity contribution in [1.82, 2.24) is 0 Å². The first kappa shape index (κ1) is 37.5. The molecule has 7 nitrogen and oxygen atoms in total. The topological polar surface area (TPSA) is 105 Å². The van der Waals surface area contributed by atoms with Crippen LogP contribution in [0, 0.1) is 0 Å². The normalized spacial score (nSPS) is 27.4. The molecule has 3 aliphatic heterocycles. The number of hydrogen-bond donors (Lipinski definition) is 3. The number of esters is 1. The second-order valence-electron chi connectivity index (χ2n) is 14.0. The summed E-state index contributed by atoms with van der Waals surface area (Å²) in [5, 5.41) is 31.5. The Kier molecular flexibility index (Phi) is 18.5.